The van der Waals surface area contributed by atoms with Crippen LogP contribution < -0.4 is 10.1 Å². The van der Waals surface area contributed by atoms with Gasteiger partial charge in [-0.15, -0.1) is 0 Å². The molecule has 3 aromatic carbocycles. The van der Waals surface area contributed by atoms with Crippen molar-refractivity contribution in [3.05, 3.63) is 100 Å². The fourth-order valence-corrected chi connectivity index (χ4v) is 4.08. The van der Waals surface area contributed by atoms with Gasteiger partial charge in [0.1, 0.15) is 11.8 Å². The monoisotopic (exact) mass is 550 g/mol. The third-order valence-electron chi connectivity index (χ3n) is 5.92. The van der Waals surface area contributed by atoms with Gasteiger partial charge in [-0.1, -0.05) is 91.3 Å². The topological polar surface area (TPSA) is 58.6 Å². The first kappa shape index (κ1) is 27.5. The Balaban J connectivity index is 1.87. The molecule has 0 aliphatic heterocycles. The van der Waals surface area contributed by atoms with E-state index in [1.54, 1.807) is 4.90 Å². The van der Waals surface area contributed by atoms with Crippen LogP contribution in [0, 0.1) is 5.92 Å². The molecule has 2 amide bonds. The Morgan fingerprint density at radius 2 is 1.53 bits per heavy atom. The lowest BCUT2D eigenvalue weighted by atomic mass is 10.0. The first-order valence-corrected chi connectivity index (χ1v) is 13.2. The van der Waals surface area contributed by atoms with Gasteiger partial charge in [-0.2, -0.15) is 0 Å². The van der Waals surface area contributed by atoms with E-state index in [1.807, 2.05) is 78.9 Å². The van der Waals surface area contributed by atoms with E-state index < -0.39 is 6.04 Å². The molecule has 3 aromatic rings. The van der Waals surface area contributed by atoms with E-state index in [-0.39, 0.29) is 18.4 Å². The third kappa shape index (κ3) is 8.52. The van der Waals surface area contributed by atoms with Gasteiger partial charge in [-0.3, -0.25) is 9.59 Å². The highest BCUT2D eigenvalue weighted by molar-refractivity contribution is 9.10. The van der Waals surface area contributed by atoms with Crippen molar-refractivity contribution in [1.82, 2.24) is 10.2 Å². The van der Waals surface area contributed by atoms with E-state index in [4.69, 9.17) is 4.74 Å². The molecule has 5 nitrogen and oxygen atoms in total. The summed E-state index contributed by atoms with van der Waals surface area (Å²) < 4.78 is 6.81. The lowest BCUT2D eigenvalue weighted by Gasteiger charge is -2.31. The summed E-state index contributed by atoms with van der Waals surface area (Å²) in [5.74, 6) is 0.535. The smallest absolute Gasteiger partial charge is 0.261 e. The number of benzene rings is 3. The van der Waals surface area contributed by atoms with Gasteiger partial charge in [0, 0.05) is 24.0 Å². The van der Waals surface area contributed by atoms with Crippen molar-refractivity contribution in [3.63, 3.8) is 0 Å². The summed E-state index contributed by atoms with van der Waals surface area (Å²) >= 11 is 3.47. The van der Waals surface area contributed by atoms with E-state index in [9.17, 15) is 9.59 Å². The van der Waals surface area contributed by atoms with Crippen molar-refractivity contribution in [2.45, 2.75) is 46.2 Å². The van der Waals surface area contributed by atoms with E-state index in [0.29, 0.717) is 31.2 Å². The number of hydrogen-bond donors (Lipinski definition) is 1. The summed E-state index contributed by atoms with van der Waals surface area (Å²) in [6.07, 6.45) is 1.35. The second kappa shape index (κ2) is 13.8. The number of amides is 2. The number of aryl methyl sites for hydroxylation is 1. The lowest BCUT2D eigenvalue weighted by molar-refractivity contribution is -0.142. The average Bonchev–Trinajstić information content (AvgIpc) is 2.89. The quantitative estimate of drug-likeness (QED) is 0.310. The second-order valence-corrected chi connectivity index (χ2v) is 10.2. The summed E-state index contributed by atoms with van der Waals surface area (Å²) in [5, 5.41) is 3.04. The normalized spacial score (nSPS) is 11.7. The maximum absolute atomic E-state index is 13.6. The molecular formula is C30H35BrN2O3. The first-order valence-electron chi connectivity index (χ1n) is 12.4. The van der Waals surface area contributed by atoms with Crippen LogP contribution in [-0.2, 0) is 29.0 Å². The van der Waals surface area contributed by atoms with Crippen molar-refractivity contribution in [1.29, 1.82) is 0 Å². The molecule has 3 rings (SSSR count). The molecule has 0 fully saturated rings. The van der Waals surface area contributed by atoms with Crippen molar-refractivity contribution >= 4 is 27.7 Å². The predicted molar refractivity (Wildman–Crippen MR) is 148 cm³/mol. The molecule has 1 atom stereocenters. The fraction of sp³-hybridized carbons (Fsp3) is 0.333. The number of carbonyl (C=O) groups is 2. The third-order valence-corrected chi connectivity index (χ3v) is 6.44. The summed E-state index contributed by atoms with van der Waals surface area (Å²) in [4.78, 5) is 28.7. The minimum absolute atomic E-state index is 0.148. The predicted octanol–water partition coefficient (Wildman–Crippen LogP) is 5.80. The number of nitrogens with one attached hydrogen (secondary N) is 1. The van der Waals surface area contributed by atoms with Gasteiger partial charge in [0.05, 0.1) is 0 Å². The number of rotatable bonds is 12. The minimum Gasteiger partial charge on any atom is -0.484 e. The van der Waals surface area contributed by atoms with Crippen LogP contribution in [-0.4, -0.2) is 35.9 Å². The molecule has 0 radical (unpaired) electrons. The largest absolute Gasteiger partial charge is 0.484 e. The van der Waals surface area contributed by atoms with Crippen LogP contribution in [0.5, 0.6) is 5.75 Å². The summed E-state index contributed by atoms with van der Waals surface area (Å²) in [6.45, 7) is 6.90. The second-order valence-electron chi connectivity index (χ2n) is 9.28. The molecule has 0 aromatic heterocycles. The summed E-state index contributed by atoms with van der Waals surface area (Å²) in [6, 6.07) is 24.7. The van der Waals surface area contributed by atoms with Crippen LogP contribution in [0.25, 0.3) is 0 Å². The highest BCUT2D eigenvalue weighted by atomic mass is 79.9. The van der Waals surface area contributed by atoms with Gasteiger partial charge >= 0.3 is 0 Å². The highest BCUT2D eigenvalue weighted by Crippen LogP contribution is 2.18. The van der Waals surface area contributed by atoms with Crippen molar-refractivity contribution in [2.24, 2.45) is 5.92 Å². The van der Waals surface area contributed by atoms with Gasteiger partial charge in [-0.05, 0) is 53.3 Å². The van der Waals surface area contributed by atoms with Crippen LogP contribution in [0.3, 0.4) is 0 Å². The van der Waals surface area contributed by atoms with Crippen molar-refractivity contribution in [2.75, 3.05) is 13.2 Å². The first-order chi connectivity index (χ1) is 17.4. The molecule has 1 unspecified atom stereocenters. The molecule has 0 aliphatic rings. The van der Waals surface area contributed by atoms with Crippen LogP contribution in [0.4, 0.5) is 0 Å². The number of hydrogen-bond acceptors (Lipinski definition) is 3. The van der Waals surface area contributed by atoms with Crippen molar-refractivity contribution in [3.8, 4) is 5.75 Å². The molecule has 0 saturated carbocycles. The zero-order valence-electron chi connectivity index (χ0n) is 21.2. The molecule has 6 heteroatoms. The minimum atomic E-state index is -0.673. The number of halogens is 1. The Labute approximate surface area is 223 Å². The zero-order chi connectivity index (χ0) is 25.9. The van der Waals surface area contributed by atoms with Crippen LogP contribution in [0.1, 0.15) is 37.5 Å². The van der Waals surface area contributed by atoms with Gasteiger partial charge in [0.15, 0.2) is 6.61 Å². The van der Waals surface area contributed by atoms with Crippen molar-refractivity contribution < 1.29 is 14.3 Å². The molecular weight excluding hydrogens is 516 g/mol. The number of carbonyl (C=O) groups excluding carboxylic acids is 2. The maximum atomic E-state index is 13.6. The molecule has 0 bridgehead atoms. The molecule has 190 valence electrons. The van der Waals surface area contributed by atoms with Gasteiger partial charge in [-0.25, -0.2) is 0 Å². The Kier molecular flexibility index (Phi) is 10.6. The summed E-state index contributed by atoms with van der Waals surface area (Å²) in [7, 11) is 0. The molecule has 0 saturated heterocycles. The fourth-order valence-electron chi connectivity index (χ4n) is 3.81. The molecule has 0 spiro atoms. The Hall–Kier alpha value is -3.12. The molecule has 0 aliphatic carbocycles. The highest BCUT2D eigenvalue weighted by Gasteiger charge is 2.30. The van der Waals surface area contributed by atoms with E-state index >= 15 is 0 Å². The zero-order valence-corrected chi connectivity index (χ0v) is 22.8. The van der Waals surface area contributed by atoms with Crippen LogP contribution in [0.2, 0.25) is 0 Å². The average molecular weight is 552 g/mol. The van der Waals surface area contributed by atoms with Crippen LogP contribution in [0.15, 0.2) is 83.3 Å². The lowest BCUT2D eigenvalue weighted by Crippen LogP contribution is -2.52. The van der Waals surface area contributed by atoms with Gasteiger partial charge < -0.3 is 15.0 Å². The summed E-state index contributed by atoms with van der Waals surface area (Å²) in [5.41, 5.74) is 3.13. The SMILES string of the molecule is CCc1ccc(OCC(=O)N(Cc2ccc(Br)cc2)C(Cc2ccccc2)C(=O)NCC(C)C)cc1. The number of nitrogens with zero attached hydrogens (tertiary/aromatic N) is 1. The number of ether oxygens (including phenoxy) is 1. The van der Waals surface area contributed by atoms with E-state index in [1.165, 1.54) is 5.56 Å². The maximum Gasteiger partial charge on any atom is 0.261 e. The molecule has 36 heavy (non-hydrogen) atoms. The van der Waals surface area contributed by atoms with Gasteiger partial charge in [0.2, 0.25) is 5.91 Å². The van der Waals surface area contributed by atoms with Gasteiger partial charge in [0.25, 0.3) is 5.91 Å². The standard InChI is InChI=1S/C30H35BrN2O3/c1-4-23-12-16-27(17-13-23)36-21-29(34)33(20-25-10-14-26(31)15-11-25)28(30(35)32-19-22(2)3)18-24-8-6-5-7-9-24/h5-17,22,28H,4,18-21H2,1-3H3,(H,32,35). The Bertz CT molecular complexity index is 1100. The van der Waals surface area contributed by atoms with E-state index in [0.717, 1.165) is 22.0 Å². The molecule has 1 N–H and O–H groups in total. The molecule has 0 heterocycles. The Morgan fingerprint density at radius 3 is 2.14 bits per heavy atom. The van der Waals surface area contributed by atoms with E-state index in [2.05, 4.69) is 42.0 Å². The Morgan fingerprint density at radius 1 is 0.889 bits per heavy atom. The van der Waals surface area contributed by atoms with Crippen LogP contribution >= 0.6 is 15.9 Å².